The average Bonchev–Trinajstić information content (AvgIpc) is 2.83. The van der Waals surface area contributed by atoms with Crippen molar-refractivity contribution in [3.63, 3.8) is 0 Å². The lowest BCUT2D eigenvalue weighted by Crippen LogP contribution is -2.50. The summed E-state index contributed by atoms with van der Waals surface area (Å²) in [5.41, 5.74) is 3.37. The summed E-state index contributed by atoms with van der Waals surface area (Å²) in [7, 11) is -1.96. The highest BCUT2D eigenvalue weighted by atomic mass is 32.2. The number of amides is 2. The molecule has 1 unspecified atom stereocenters. The van der Waals surface area contributed by atoms with Gasteiger partial charge in [0, 0.05) is 25.6 Å². The van der Waals surface area contributed by atoms with Gasteiger partial charge in [0.25, 0.3) is 0 Å². The molecule has 0 bridgehead atoms. The van der Waals surface area contributed by atoms with E-state index in [9.17, 15) is 18.0 Å². The number of carbonyl (C=O) groups is 2. The number of benzene rings is 2. The molecule has 0 saturated heterocycles. The number of nitrogens with one attached hydrogen (secondary N) is 1. The summed E-state index contributed by atoms with van der Waals surface area (Å²) in [6.07, 6.45) is 2.06. The van der Waals surface area contributed by atoms with Gasteiger partial charge in [-0.25, -0.2) is 8.42 Å². The molecular formula is C28H41N3O5S. The normalized spacial score (nSPS) is 12.2. The second-order valence-corrected chi connectivity index (χ2v) is 11.5. The Morgan fingerprint density at radius 2 is 1.70 bits per heavy atom. The van der Waals surface area contributed by atoms with Gasteiger partial charge in [0.05, 0.1) is 19.1 Å². The van der Waals surface area contributed by atoms with E-state index in [1.54, 1.807) is 18.1 Å². The van der Waals surface area contributed by atoms with Crippen LogP contribution in [0, 0.1) is 13.8 Å². The van der Waals surface area contributed by atoms with E-state index < -0.39 is 16.1 Å². The quantitative estimate of drug-likeness (QED) is 0.418. The molecule has 0 aliphatic carbocycles. The highest BCUT2D eigenvalue weighted by Gasteiger charge is 2.29. The lowest BCUT2D eigenvalue weighted by molar-refractivity contribution is -0.141. The summed E-state index contributed by atoms with van der Waals surface area (Å²) in [5.74, 6) is 0.307. The van der Waals surface area contributed by atoms with Crippen molar-refractivity contribution < 1.29 is 22.7 Å². The molecule has 0 aliphatic rings. The maximum absolute atomic E-state index is 13.5. The standard InChI is InChI=1S/C28H41N3O5S/c1-8-25(28(33)29-20(2)3)30(19-23-14-16-24(36-6)17-15-23)27(32)13-10-18-31(37(7,34)35)26-12-9-11-21(4)22(26)5/h9,11-12,14-17,20,25H,8,10,13,18-19H2,1-7H3,(H,29,33). The first kappa shape index (κ1) is 30.2. The molecule has 2 amide bonds. The van der Waals surface area contributed by atoms with Crippen molar-refractivity contribution in [3.05, 3.63) is 59.2 Å². The molecule has 8 nitrogen and oxygen atoms in total. The van der Waals surface area contributed by atoms with Crippen molar-refractivity contribution in [3.8, 4) is 5.75 Å². The van der Waals surface area contributed by atoms with Gasteiger partial charge in [0.15, 0.2) is 0 Å². The van der Waals surface area contributed by atoms with Gasteiger partial charge < -0.3 is 15.0 Å². The zero-order valence-corrected chi connectivity index (χ0v) is 23.9. The van der Waals surface area contributed by atoms with Crippen LogP contribution in [-0.2, 0) is 26.2 Å². The van der Waals surface area contributed by atoms with Crippen molar-refractivity contribution >= 4 is 27.5 Å². The molecule has 2 aromatic carbocycles. The predicted octanol–water partition coefficient (Wildman–Crippen LogP) is 4.19. The second-order valence-electron chi connectivity index (χ2n) is 9.61. The first-order valence-corrected chi connectivity index (χ1v) is 14.5. The Hall–Kier alpha value is -3.07. The van der Waals surface area contributed by atoms with Gasteiger partial charge in [-0.1, -0.05) is 31.2 Å². The van der Waals surface area contributed by atoms with E-state index in [2.05, 4.69) is 5.32 Å². The van der Waals surface area contributed by atoms with Gasteiger partial charge in [-0.3, -0.25) is 13.9 Å². The number of anilines is 1. The monoisotopic (exact) mass is 531 g/mol. The van der Waals surface area contributed by atoms with E-state index >= 15 is 0 Å². The molecule has 2 rings (SSSR count). The molecule has 204 valence electrons. The van der Waals surface area contributed by atoms with Crippen LogP contribution in [0.5, 0.6) is 5.75 Å². The topological polar surface area (TPSA) is 96.0 Å². The van der Waals surface area contributed by atoms with E-state index in [0.717, 1.165) is 16.7 Å². The van der Waals surface area contributed by atoms with Gasteiger partial charge >= 0.3 is 0 Å². The third-order valence-corrected chi connectivity index (χ3v) is 7.51. The fourth-order valence-corrected chi connectivity index (χ4v) is 5.23. The summed E-state index contributed by atoms with van der Waals surface area (Å²) in [4.78, 5) is 28.1. The van der Waals surface area contributed by atoms with Crippen molar-refractivity contribution in [2.75, 3.05) is 24.2 Å². The molecule has 0 saturated carbocycles. The van der Waals surface area contributed by atoms with Crippen LogP contribution in [0.4, 0.5) is 5.69 Å². The number of hydrogen-bond donors (Lipinski definition) is 1. The van der Waals surface area contributed by atoms with E-state index in [-0.39, 0.29) is 37.4 Å². The van der Waals surface area contributed by atoms with Crippen LogP contribution >= 0.6 is 0 Å². The van der Waals surface area contributed by atoms with Crippen LogP contribution < -0.4 is 14.4 Å². The highest BCUT2D eigenvalue weighted by molar-refractivity contribution is 7.92. The maximum atomic E-state index is 13.5. The lowest BCUT2D eigenvalue weighted by atomic mass is 10.1. The second kappa shape index (κ2) is 13.5. The predicted molar refractivity (Wildman–Crippen MR) is 148 cm³/mol. The molecule has 1 N–H and O–H groups in total. The SMILES string of the molecule is CCC(C(=O)NC(C)C)N(Cc1ccc(OC)cc1)C(=O)CCCN(c1cccc(C)c1C)S(C)(=O)=O. The number of methoxy groups -OCH3 is 1. The smallest absolute Gasteiger partial charge is 0.243 e. The van der Waals surface area contributed by atoms with Crippen LogP contribution in [0.1, 0.15) is 56.7 Å². The summed E-state index contributed by atoms with van der Waals surface area (Å²) in [6, 6.07) is 12.2. The Kier molecular flexibility index (Phi) is 11.0. The summed E-state index contributed by atoms with van der Waals surface area (Å²) < 4.78 is 31.8. The molecule has 0 heterocycles. The number of rotatable bonds is 13. The summed E-state index contributed by atoms with van der Waals surface area (Å²) >= 11 is 0. The van der Waals surface area contributed by atoms with Crippen molar-refractivity contribution in [2.45, 2.75) is 72.5 Å². The Morgan fingerprint density at radius 3 is 2.24 bits per heavy atom. The number of nitrogens with zero attached hydrogens (tertiary/aromatic N) is 2. The highest BCUT2D eigenvalue weighted by Crippen LogP contribution is 2.26. The average molecular weight is 532 g/mol. The summed E-state index contributed by atoms with van der Waals surface area (Å²) in [5, 5.41) is 2.92. The minimum atomic E-state index is -3.55. The molecule has 0 aliphatic heterocycles. The Labute approximate surface area is 222 Å². The fourth-order valence-electron chi connectivity index (χ4n) is 4.22. The van der Waals surface area contributed by atoms with Crippen LogP contribution in [0.3, 0.4) is 0 Å². The fraction of sp³-hybridized carbons (Fsp3) is 0.500. The maximum Gasteiger partial charge on any atom is 0.243 e. The Bertz CT molecular complexity index is 1160. The third-order valence-electron chi connectivity index (χ3n) is 6.33. The molecular weight excluding hydrogens is 490 g/mol. The third kappa shape index (κ3) is 8.49. The van der Waals surface area contributed by atoms with Crippen LogP contribution in [0.2, 0.25) is 0 Å². The zero-order chi connectivity index (χ0) is 27.8. The van der Waals surface area contributed by atoms with E-state index in [0.29, 0.717) is 24.3 Å². The van der Waals surface area contributed by atoms with Crippen molar-refractivity contribution in [1.82, 2.24) is 10.2 Å². The van der Waals surface area contributed by atoms with Crippen LogP contribution in [0.15, 0.2) is 42.5 Å². The Balaban J connectivity index is 2.25. The number of sulfonamides is 1. The number of hydrogen-bond acceptors (Lipinski definition) is 5. The Morgan fingerprint density at radius 1 is 1.05 bits per heavy atom. The van der Waals surface area contributed by atoms with E-state index in [4.69, 9.17) is 4.74 Å². The van der Waals surface area contributed by atoms with Gasteiger partial charge in [-0.05, 0) is 75.4 Å². The van der Waals surface area contributed by atoms with Crippen molar-refractivity contribution in [2.24, 2.45) is 0 Å². The molecule has 0 spiro atoms. The molecule has 1 atom stereocenters. The van der Waals surface area contributed by atoms with Gasteiger partial charge in [0.1, 0.15) is 11.8 Å². The first-order chi connectivity index (χ1) is 17.4. The van der Waals surface area contributed by atoms with Gasteiger partial charge in [0.2, 0.25) is 21.8 Å². The largest absolute Gasteiger partial charge is 0.497 e. The number of aryl methyl sites for hydroxylation is 1. The van der Waals surface area contributed by atoms with E-state index in [1.165, 1.54) is 10.6 Å². The minimum absolute atomic E-state index is 0.0552. The molecule has 9 heteroatoms. The molecule has 0 fully saturated rings. The molecule has 37 heavy (non-hydrogen) atoms. The van der Waals surface area contributed by atoms with Crippen molar-refractivity contribution in [1.29, 1.82) is 0 Å². The lowest BCUT2D eigenvalue weighted by Gasteiger charge is -2.32. The minimum Gasteiger partial charge on any atom is -0.497 e. The molecule has 2 aromatic rings. The molecule has 0 radical (unpaired) electrons. The summed E-state index contributed by atoms with van der Waals surface area (Å²) in [6.45, 7) is 9.90. The number of ether oxygens (including phenoxy) is 1. The van der Waals surface area contributed by atoms with Crippen LogP contribution in [-0.4, -0.2) is 57.1 Å². The van der Waals surface area contributed by atoms with E-state index in [1.807, 2.05) is 71.0 Å². The van der Waals surface area contributed by atoms with Gasteiger partial charge in [-0.2, -0.15) is 0 Å². The molecule has 0 aromatic heterocycles. The zero-order valence-electron chi connectivity index (χ0n) is 23.1. The first-order valence-electron chi connectivity index (χ1n) is 12.7. The number of carbonyl (C=O) groups excluding carboxylic acids is 2. The van der Waals surface area contributed by atoms with Crippen LogP contribution in [0.25, 0.3) is 0 Å². The van der Waals surface area contributed by atoms with Gasteiger partial charge in [-0.15, -0.1) is 0 Å².